The number of carbonyl (C=O) groups is 1. The van der Waals surface area contributed by atoms with E-state index < -0.39 is 0 Å². The van der Waals surface area contributed by atoms with Gasteiger partial charge in [-0.3, -0.25) is 9.78 Å². The van der Waals surface area contributed by atoms with Crippen LogP contribution < -0.4 is 5.32 Å². The molecule has 0 radical (unpaired) electrons. The third kappa shape index (κ3) is 3.41. The van der Waals surface area contributed by atoms with E-state index in [9.17, 15) is 4.79 Å². The van der Waals surface area contributed by atoms with Gasteiger partial charge in [-0.2, -0.15) is 0 Å². The molecule has 98 valence electrons. The highest BCUT2D eigenvalue weighted by atomic mass is 35.5. The Balaban J connectivity index is 1.87. The van der Waals surface area contributed by atoms with E-state index in [2.05, 4.69) is 15.2 Å². The molecule has 1 saturated heterocycles. The number of hydrogen-bond acceptors (Lipinski definition) is 4. The summed E-state index contributed by atoms with van der Waals surface area (Å²) in [7, 11) is 2.04. The molecule has 6 heteroatoms. The van der Waals surface area contributed by atoms with Crippen molar-refractivity contribution in [2.45, 2.75) is 6.10 Å². The van der Waals surface area contributed by atoms with Crippen LogP contribution in [-0.2, 0) is 4.74 Å². The second-order valence-electron chi connectivity index (χ2n) is 4.32. The van der Waals surface area contributed by atoms with Crippen LogP contribution in [0.25, 0.3) is 0 Å². The minimum Gasteiger partial charge on any atom is -0.374 e. The summed E-state index contributed by atoms with van der Waals surface area (Å²) in [6.07, 6.45) is 3.04. The van der Waals surface area contributed by atoms with Crippen molar-refractivity contribution >= 4 is 17.5 Å². The average Bonchev–Trinajstić information content (AvgIpc) is 2.37. The van der Waals surface area contributed by atoms with E-state index in [1.807, 2.05) is 7.05 Å². The van der Waals surface area contributed by atoms with Crippen LogP contribution in [0.4, 0.5) is 0 Å². The average molecular weight is 270 g/mol. The number of morpholine rings is 1. The highest BCUT2D eigenvalue weighted by Gasteiger charge is 2.19. The SMILES string of the molecule is CN1CCOC(CNC(=O)c2ccncc2Cl)C1. The number of nitrogens with one attached hydrogen (secondary N) is 1. The van der Waals surface area contributed by atoms with Crippen LogP contribution in [-0.4, -0.2) is 55.2 Å². The molecule has 1 atom stereocenters. The minimum absolute atomic E-state index is 0.0355. The zero-order chi connectivity index (χ0) is 13.0. The largest absolute Gasteiger partial charge is 0.374 e. The number of rotatable bonds is 3. The summed E-state index contributed by atoms with van der Waals surface area (Å²) >= 11 is 5.90. The number of aromatic nitrogens is 1. The Kier molecular flexibility index (Phi) is 4.52. The summed E-state index contributed by atoms with van der Waals surface area (Å²) in [5.41, 5.74) is 0.441. The Labute approximate surface area is 111 Å². The molecule has 1 aromatic rings. The highest BCUT2D eigenvalue weighted by Crippen LogP contribution is 2.13. The molecule has 0 aliphatic carbocycles. The molecule has 0 aromatic carbocycles. The van der Waals surface area contributed by atoms with E-state index in [0.29, 0.717) is 23.7 Å². The Morgan fingerprint density at radius 1 is 1.72 bits per heavy atom. The Bertz CT molecular complexity index is 428. The van der Waals surface area contributed by atoms with Crippen LogP contribution in [0, 0.1) is 0 Å². The summed E-state index contributed by atoms with van der Waals surface area (Å²) in [6, 6.07) is 1.60. The van der Waals surface area contributed by atoms with E-state index in [1.54, 1.807) is 12.3 Å². The van der Waals surface area contributed by atoms with Crippen LogP contribution >= 0.6 is 11.6 Å². The number of ether oxygens (including phenoxy) is 1. The quantitative estimate of drug-likeness (QED) is 0.882. The van der Waals surface area contributed by atoms with Crippen LogP contribution in [0.3, 0.4) is 0 Å². The zero-order valence-corrected chi connectivity index (χ0v) is 11.0. The van der Waals surface area contributed by atoms with Crippen molar-refractivity contribution in [3.05, 3.63) is 29.0 Å². The van der Waals surface area contributed by atoms with Crippen molar-refractivity contribution < 1.29 is 9.53 Å². The molecule has 5 nitrogen and oxygen atoms in total. The fourth-order valence-electron chi connectivity index (χ4n) is 1.85. The number of carbonyl (C=O) groups excluding carboxylic acids is 1. The van der Waals surface area contributed by atoms with E-state index in [4.69, 9.17) is 16.3 Å². The molecule has 1 amide bonds. The number of pyridine rings is 1. The first-order valence-electron chi connectivity index (χ1n) is 5.84. The normalized spacial score (nSPS) is 20.7. The molecule has 1 fully saturated rings. The first-order valence-corrected chi connectivity index (χ1v) is 6.22. The topological polar surface area (TPSA) is 54.5 Å². The van der Waals surface area contributed by atoms with E-state index in [1.165, 1.54) is 6.20 Å². The van der Waals surface area contributed by atoms with Gasteiger partial charge in [0.05, 0.1) is 23.3 Å². The third-order valence-corrected chi connectivity index (χ3v) is 3.15. The maximum atomic E-state index is 11.9. The smallest absolute Gasteiger partial charge is 0.253 e. The molecule has 0 saturated carbocycles. The van der Waals surface area contributed by atoms with Gasteiger partial charge in [0, 0.05) is 32.0 Å². The molecule has 1 N–H and O–H groups in total. The lowest BCUT2D eigenvalue weighted by Gasteiger charge is -2.30. The fraction of sp³-hybridized carbons (Fsp3) is 0.500. The lowest BCUT2D eigenvalue weighted by molar-refractivity contribution is -0.0175. The molecular weight excluding hydrogens is 254 g/mol. The van der Waals surface area contributed by atoms with Gasteiger partial charge in [0.25, 0.3) is 5.91 Å². The first kappa shape index (κ1) is 13.3. The van der Waals surface area contributed by atoms with Crippen LogP contribution in [0.1, 0.15) is 10.4 Å². The van der Waals surface area contributed by atoms with Crippen LogP contribution in [0.15, 0.2) is 18.5 Å². The van der Waals surface area contributed by atoms with Crippen molar-refractivity contribution in [1.82, 2.24) is 15.2 Å². The Morgan fingerprint density at radius 3 is 3.28 bits per heavy atom. The molecule has 0 spiro atoms. The number of likely N-dealkylation sites (N-methyl/N-ethyl adjacent to an activating group) is 1. The van der Waals surface area contributed by atoms with E-state index in [0.717, 1.165) is 13.1 Å². The monoisotopic (exact) mass is 269 g/mol. The predicted octanol–water partition coefficient (Wildman–Crippen LogP) is 0.795. The Hall–Kier alpha value is -1.17. The molecule has 0 bridgehead atoms. The van der Waals surface area contributed by atoms with Gasteiger partial charge < -0.3 is 15.0 Å². The minimum atomic E-state index is -0.195. The summed E-state index contributed by atoms with van der Waals surface area (Å²) in [5, 5.41) is 3.19. The van der Waals surface area contributed by atoms with Crippen molar-refractivity contribution in [3.8, 4) is 0 Å². The van der Waals surface area contributed by atoms with Crippen molar-refractivity contribution in [1.29, 1.82) is 0 Å². The number of nitrogens with zero attached hydrogens (tertiary/aromatic N) is 2. The summed E-state index contributed by atoms with van der Waals surface area (Å²) in [5.74, 6) is -0.195. The first-order chi connectivity index (χ1) is 8.66. The van der Waals surface area contributed by atoms with Crippen LogP contribution in [0.5, 0.6) is 0 Å². The zero-order valence-electron chi connectivity index (χ0n) is 10.2. The van der Waals surface area contributed by atoms with Crippen LogP contribution in [0.2, 0.25) is 5.02 Å². The summed E-state index contributed by atoms with van der Waals surface area (Å²) in [4.78, 5) is 17.9. The van der Waals surface area contributed by atoms with Gasteiger partial charge in [0.2, 0.25) is 0 Å². The fourth-order valence-corrected chi connectivity index (χ4v) is 2.06. The third-order valence-electron chi connectivity index (χ3n) is 2.85. The molecule has 1 aromatic heterocycles. The second-order valence-corrected chi connectivity index (χ2v) is 4.73. The van der Waals surface area contributed by atoms with Gasteiger partial charge in [-0.15, -0.1) is 0 Å². The van der Waals surface area contributed by atoms with E-state index in [-0.39, 0.29) is 12.0 Å². The second kappa shape index (κ2) is 6.13. The van der Waals surface area contributed by atoms with Crippen molar-refractivity contribution in [3.63, 3.8) is 0 Å². The Morgan fingerprint density at radius 2 is 2.56 bits per heavy atom. The molecule has 18 heavy (non-hydrogen) atoms. The number of halogens is 1. The standard InChI is InChI=1S/C12H16ClN3O2/c1-16-4-5-18-9(8-16)6-15-12(17)10-2-3-14-7-11(10)13/h2-3,7,9H,4-6,8H2,1H3,(H,15,17). The summed E-state index contributed by atoms with van der Waals surface area (Å²) in [6.45, 7) is 2.94. The molecule has 1 aliphatic heterocycles. The van der Waals surface area contributed by atoms with Gasteiger partial charge in [0.15, 0.2) is 0 Å². The van der Waals surface area contributed by atoms with E-state index >= 15 is 0 Å². The molecular formula is C12H16ClN3O2. The molecule has 1 aliphatic rings. The summed E-state index contributed by atoms with van der Waals surface area (Å²) < 4.78 is 5.56. The molecule has 1 unspecified atom stereocenters. The maximum absolute atomic E-state index is 11.9. The highest BCUT2D eigenvalue weighted by molar-refractivity contribution is 6.33. The van der Waals surface area contributed by atoms with Crippen molar-refractivity contribution in [2.24, 2.45) is 0 Å². The lowest BCUT2D eigenvalue weighted by atomic mass is 10.2. The number of hydrogen-bond donors (Lipinski definition) is 1. The predicted molar refractivity (Wildman–Crippen MR) is 68.8 cm³/mol. The van der Waals surface area contributed by atoms with Gasteiger partial charge in [-0.1, -0.05) is 11.6 Å². The van der Waals surface area contributed by atoms with Gasteiger partial charge in [-0.25, -0.2) is 0 Å². The van der Waals surface area contributed by atoms with Gasteiger partial charge in [0.1, 0.15) is 0 Å². The lowest BCUT2D eigenvalue weighted by Crippen LogP contribution is -2.45. The maximum Gasteiger partial charge on any atom is 0.253 e. The number of amides is 1. The molecule has 2 rings (SSSR count). The van der Waals surface area contributed by atoms with Gasteiger partial charge >= 0.3 is 0 Å². The van der Waals surface area contributed by atoms with Crippen molar-refractivity contribution in [2.75, 3.05) is 33.3 Å². The van der Waals surface area contributed by atoms with Gasteiger partial charge in [-0.05, 0) is 13.1 Å². The molecule has 2 heterocycles.